The molecule has 4 nitrogen and oxygen atoms in total. The van der Waals surface area contributed by atoms with E-state index < -0.39 is 0 Å². The van der Waals surface area contributed by atoms with E-state index in [0.717, 1.165) is 22.0 Å². The van der Waals surface area contributed by atoms with Crippen LogP contribution in [0, 0.1) is 0 Å². The largest absolute Gasteiger partial charge is 0.494 e. The predicted octanol–water partition coefficient (Wildman–Crippen LogP) is 3.34. The summed E-state index contributed by atoms with van der Waals surface area (Å²) < 4.78 is 1.04. The summed E-state index contributed by atoms with van der Waals surface area (Å²) in [7, 11) is 0. The van der Waals surface area contributed by atoms with Crippen molar-refractivity contribution >= 4 is 43.6 Å². The van der Waals surface area contributed by atoms with Crippen molar-refractivity contribution in [3.63, 3.8) is 0 Å². The predicted molar refractivity (Wildman–Crippen MR) is 72.2 cm³/mol. The Morgan fingerprint density at radius 3 is 3.00 bits per heavy atom. The maximum Gasteiger partial charge on any atom is 0.197 e. The number of benzene rings is 1. The molecule has 0 atom stereocenters. The lowest BCUT2D eigenvalue weighted by Gasteiger charge is -1.98. The fraction of sp³-hybridized carbons (Fsp3) is 0.0909. The van der Waals surface area contributed by atoms with Crippen molar-refractivity contribution in [1.29, 1.82) is 0 Å². The van der Waals surface area contributed by atoms with Crippen LogP contribution in [0.25, 0.3) is 10.2 Å². The van der Waals surface area contributed by atoms with Gasteiger partial charge in [-0.15, -0.1) is 0 Å². The van der Waals surface area contributed by atoms with Crippen LogP contribution in [0.3, 0.4) is 0 Å². The lowest BCUT2D eigenvalue weighted by Crippen LogP contribution is -1.97. The Bertz CT molecular complexity index is 545. The van der Waals surface area contributed by atoms with Crippen molar-refractivity contribution in [3.8, 4) is 0 Å². The number of rotatable bonds is 3. The van der Waals surface area contributed by atoms with Gasteiger partial charge in [-0.3, -0.25) is 4.79 Å². The van der Waals surface area contributed by atoms with E-state index in [1.165, 1.54) is 23.7 Å². The number of fused-ring (bicyclic) bond motifs is 1. The van der Waals surface area contributed by atoms with Crippen LogP contribution in [0.15, 0.2) is 35.6 Å². The number of thiazole rings is 1. The minimum atomic E-state index is -0.0809. The second-order valence-corrected chi connectivity index (χ2v) is 5.30. The number of nitrogens with one attached hydrogen (secondary N) is 1. The zero-order chi connectivity index (χ0) is 12.3. The standard InChI is InChI=1S/C11H10N2O2S2/c1-7(14)16-6-10(15)13-11-12-8-4-2-3-5-9(8)17-11/h2-6,15H,1H3,(H,12,13)/b10-6-. The van der Waals surface area contributed by atoms with Gasteiger partial charge in [0.05, 0.1) is 10.2 Å². The summed E-state index contributed by atoms with van der Waals surface area (Å²) in [4.78, 5) is 15.0. The van der Waals surface area contributed by atoms with E-state index >= 15 is 0 Å². The van der Waals surface area contributed by atoms with Crippen LogP contribution >= 0.6 is 23.1 Å². The van der Waals surface area contributed by atoms with Crippen molar-refractivity contribution < 1.29 is 9.90 Å². The fourth-order valence-corrected chi connectivity index (χ4v) is 2.41. The number of anilines is 1. The first-order valence-electron chi connectivity index (χ1n) is 4.84. The molecule has 0 fully saturated rings. The molecule has 0 aliphatic rings. The van der Waals surface area contributed by atoms with Crippen molar-refractivity contribution in [1.82, 2.24) is 4.98 Å². The van der Waals surface area contributed by atoms with Crippen molar-refractivity contribution in [2.75, 3.05) is 5.32 Å². The molecule has 0 amide bonds. The Hall–Kier alpha value is -1.53. The first kappa shape index (κ1) is 11.9. The third-order valence-electron chi connectivity index (χ3n) is 1.87. The topological polar surface area (TPSA) is 62.2 Å². The molecule has 0 bridgehead atoms. The van der Waals surface area contributed by atoms with Crippen LogP contribution in [0.5, 0.6) is 0 Å². The molecule has 88 valence electrons. The molecule has 0 unspecified atom stereocenters. The highest BCUT2D eigenvalue weighted by Crippen LogP contribution is 2.26. The summed E-state index contributed by atoms with van der Waals surface area (Å²) in [6, 6.07) is 7.71. The second kappa shape index (κ2) is 5.20. The van der Waals surface area contributed by atoms with Crippen molar-refractivity contribution in [3.05, 3.63) is 35.6 Å². The van der Waals surface area contributed by atoms with E-state index in [1.54, 1.807) is 0 Å². The molecule has 0 aliphatic carbocycles. The van der Waals surface area contributed by atoms with E-state index in [0.29, 0.717) is 5.13 Å². The van der Waals surface area contributed by atoms with Crippen LogP contribution < -0.4 is 5.32 Å². The molecule has 6 heteroatoms. The third kappa shape index (κ3) is 3.21. The first-order chi connectivity index (χ1) is 8.15. The van der Waals surface area contributed by atoms with Gasteiger partial charge >= 0.3 is 0 Å². The molecular formula is C11H10N2O2S2. The van der Waals surface area contributed by atoms with Crippen molar-refractivity contribution in [2.45, 2.75) is 6.92 Å². The molecule has 2 rings (SSSR count). The average Bonchev–Trinajstić information content (AvgIpc) is 2.68. The fourth-order valence-electron chi connectivity index (χ4n) is 1.20. The molecule has 0 saturated carbocycles. The number of aliphatic hydroxyl groups excluding tert-OH is 1. The van der Waals surface area contributed by atoms with Gasteiger partial charge in [0, 0.05) is 12.3 Å². The molecule has 17 heavy (non-hydrogen) atoms. The molecular weight excluding hydrogens is 256 g/mol. The Morgan fingerprint density at radius 2 is 2.29 bits per heavy atom. The number of para-hydroxylation sites is 1. The Balaban J connectivity index is 2.13. The quantitative estimate of drug-likeness (QED) is 0.834. The maximum atomic E-state index is 10.7. The van der Waals surface area contributed by atoms with Gasteiger partial charge in [0.25, 0.3) is 0 Å². The number of nitrogens with zero attached hydrogens (tertiary/aromatic N) is 1. The number of thioether (sulfide) groups is 1. The van der Waals surface area contributed by atoms with Crippen molar-refractivity contribution in [2.24, 2.45) is 0 Å². The summed E-state index contributed by atoms with van der Waals surface area (Å²) in [6.07, 6.45) is 0. The van der Waals surface area contributed by atoms with Crippen LogP contribution in [0.2, 0.25) is 0 Å². The van der Waals surface area contributed by atoms with E-state index in [2.05, 4.69) is 10.3 Å². The van der Waals surface area contributed by atoms with E-state index in [4.69, 9.17) is 0 Å². The smallest absolute Gasteiger partial charge is 0.197 e. The lowest BCUT2D eigenvalue weighted by atomic mass is 10.3. The van der Waals surface area contributed by atoms with Gasteiger partial charge in [-0.2, -0.15) is 0 Å². The summed E-state index contributed by atoms with van der Waals surface area (Å²) in [5, 5.41) is 14.1. The Labute approximate surface area is 106 Å². The number of carbonyl (C=O) groups is 1. The molecule has 0 saturated heterocycles. The van der Waals surface area contributed by atoms with Gasteiger partial charge in [-0.05, 0) is 12.1 Å². The van der Waals surface area contributed by atoms with E-state index in [9.17, 15) is 9.90 Å². The minimum Gasteiger partial charge on any atom is -0.494 e. The molecule has 1 aromatic carbocycles. The minimum absolute atomic E-state index is 0.0794. The molecule has 0 aliphatic heterocycles. The summed E-state index contributed by atoms with van der Waals surface area (Å²) >= 11 is 2.37. The highest BCUT2D eigenvalue weighted by molar-refractivity contribution is 8.16. The Kier molecular flexibility index (Phi) is 3.65. The molecule has 1 aromatic heterocycles. The average molecular weight is 266 g/mol. The van der Waals surface area contributed by atoms with E-state index in [-0.39, 0.29) is 11.0 Å². The third-order valence-corrected chi connectivity index (χ3v) is 3.49. The van der Waals surface area contributed by atoms with Gasteiger partial charge < -0.3 is 10.4 Å². The second-order valence-electron chi connectivity index (χ2n) is 3.22. The van der Waals surface area contributed by atoms with E-state index in [1.807, 2.05) is 24.3 Å². The summed E-state index contributed by atoms with van der Waals surface area (Å²) in [5.41, 5.74) is 0.882. The monoisotopic (exact) mass is 266 g/mol. The number of hydrogen-bond acceptors (Lipinski definition) is 6. The number of carbonyl (C=O) groups excluding carboxylic acids is 1. The number of aromatic nitrogens is 1. The molecule has 2 aromatic rings. The Morgan fingerprint density at radius 1 is 1.53 bits per heavy atom. The molecule has 2 N–H and O–H groups in total. The van der Waals surface area contributed by atoms with Crippen LogP contribution in [0.4, 0.5) is 5.13 Å². The summed E-state index contributed by atoms with van der Waals surface area (Å²) in [5.74, 6) is -0.0794. The lowest BCUT2D eigenvalue weighted by molar-refractivity contribution is -0.109. The maximum absolute atomic E-state index is 10.7. The van der Waals surface area contributed by atoms with Gasteiger partial charge in [0.15, 0.2) is 16.1 Å². The molecule has 1 heterocycles. The van der Waals surface area contributed by atoms with Gasteiger partial charge in [0.1, 0.15) is 0 Å². The van der Waals surface area contributed by atoms with Gasteiger partial charge in [-0.25, -0.2) is 4.98 Å². The molecule has 0 spiro atoms. The number of hydrogen-bond donors (Lipinski definition) is 2. The van der Waals surface area contributed by atoms with Crippen LogP contribution in [-0.4, -0.2) is 15.2 Å². The van der Waals surface area contributed by atoms with Gasteiger partial charge in [0.2, 0.25) is 0 Å². The number of aliphatic hydroxyl groups is 1. The normalized spacial score (nSPS) is 11.7. The van der Waals surface area contributed by atoms with Crippen LogP contribution in [0.1, 0.15) is 6.92 Å². The first-order valence-corrected chi connectivity index (χ1v) is 6.54. The summed E-state index contributed by atoms with van der Waals surface area (Å²) in [6.45, 7) is 1.44. The zero-order valence-electron chi connectivity index (χ0n) is 9.01. The van der Waals surface area contributed by atoms with Crippen LogP contribution in [-0.2, 0) is 4.79 Å². The highest BCUT2D eigenvalue weighted by atomic mass is 32.2. The zero-order valence-corrected chi connectivity index (χ0v) is 10.6. The van der Waals surface area contributed by atoms with Gasteiger partial charge in [-0.1, -0.05) is 35.2 Å². The highest BCUT2D eigenvalue weighted by Gasteiger charge is 2.04. The molecule has 0 radical (unpaired) electrons. The SMILES string of the molecule is CC(=O)S/C=C(\O)Nc1nc2ccccc2s1.